The van der Waals surface area contributed by atoms with Crippen molar-refractivity contribution < 1.29 is 19.4 Å². The van der Waals surface area contributed by atoms with Gasteiger partial charge >= 0.3 is 6.09 Å². The molecule has 0 spiro atoms. The van der Waals surface area contributed by atoms with E-state index in [1.807, 2.05) is 0 Å². The summed E-state index contributed by atoms with van der Waals surface area (Å²) in [6, 6.07) is 0. The average Bonchev–Trinajstić information content (AvgIpc) is 2.73. The summed E-state index contributed by atoms with van der Waals surface area (Å²) >= 11 is 17.1. The number of nitrogens with one attached hydrogen (secondary N) is 1. The van der Waals surface area contributed by atoms with Crippen molar-refractivity contribution in [2.24, 2.45) is 0 Å². The second-order valence-electron chi connectivity index (χ2n) is 2.91. The van der Waals surface area contributed by atoms with Gasteiger partial charge in [0.15, 0.2) is 11.2 Å². The van der Waals surface area contributed by atoms with Crippen LogP contribution in [0.1, 0.15) is 11.8 Å². The Balaban J connectivity index is 2.50. The summed E-state index contributed by atoms with van der Waals surface area (Å²) in [6.07, 6.45) is -0.972. The molecule has 1 atom stereocenters. The lowest BCUT2D eigenvalue weighted by molar-refractivity contribution is 0.164. The molecular formula is C8H6Cl3N2O4S. The maximum atomic E-state index is 11.2. The van der Waals surface area contributed by atoms with Gasteiger partial charge in [-0.2, -0.15) is 0 Å². The van der Waals surface area contributed by atoms with Gasteiger partial charge in [-0.1, -0.05) is 34.8 Å². The number of nitrogens with zero attached hydrogens (tertiary/aromatic N) is 1. The van der Waals surface area contributed by atoms with E-state index in [-0.39, 0.29) is 10.8 Å². The van der Waals surface area contributed by atoms with Gasteiger partial charge in [-0.05, 0) is 0 Å². The van der Waals surface area contributed by atoms with Crippen LogP contribution in [-0.4, -0.2) is 32.9 Å². The molecule has 0 bridgehead atoms. The van der Waals surface area contributed by atoms with Gasteiger partial charge < -0.3 is 9.84 Å². The largest absolute Gasteiger partial charge is 0.445 e. The highest BCUT2D eigenvalue weighted by Gasteiger charge is 2.22. The Labute approximate surface area is 121 Å². The normalized spacial score (nSPS) is 12.9. The van der Waals surface area contributed by atoms with Gasteiger partial charge in [0.1, 0.15) is 6.61 Å². The molecule has 0 saturated heterocycles. The first-order valence-corrected chi connectivity index (χ1v) is 6.35. The molecule has 1 rings (SSSR count). The standard InChI is InChI=1S/C8H6Cl3N2O4S/c9-8(10,11)3-17-7(16)13-6-12-4(2-18-6)5(15)1-14/h2,5,15H,3H2,(H,12,13,16). The van der Waals surface area contributed by atoms with Gasteiger partial charge in [-0.15, -0.1) is 11.3 Å². The molecule has 0 aliphatic carbocycles. The summed E-state index contributed by atoms with van der Waals surface area (Å²) < 4.78 is 2.89. The Hall–Kier alpha value is -0.600. The van der Waals surface area contributed by atoms with E-state index < -0.39 is 22.6 Å². The quantitative estimate of drug-likeness (QED) is 0.825. The lowest BCUT2D eigenvalue weighted by Gasteiger charge is -2.10. The fraction of sp³-hybridized carbons (Fsp3) is 0.375. The SMILES string of the molecule is O=[C]C(O)c1csc(NC(=O)OCC(Cl)(Cl)Cl)n1. The van der Waals surface area contributed by atoms with Crippen LogP contribution >= 0.6 is 46.1 Å². The second kappa shape index (κ2) is 6.53. The summed E-state index contributed by atoms with van der Waals surface area (Å²) in [6.45, 7) is -0.424. The molecule has 1 radical (unpaired) electrons. The first kappa shape index (κ1) is 15.5. The first-order valence-electron chi connectivity index (χ1n) is 4.33. The maximum Gasteiger partial charge on any atom is 0.413 e. The summed E-state index contributed by atoms with van der Waals surface area (Å²) in [5.41, 5.74) is 0.0756. The number of anilines is 1. The number of halogens is 3. The van der Waals surface area contributed by atoms with Crippen molar-refractivity contribution in [1.82, 2.24) is 4.98 Å². The molecule has 0 saturated carbocycles. The highest BCUT2D eigenvalue weighted by atomic mass is 35.6. The number of hydrogen-bond donors (Lipinski definition) is 2. The number of aromatic nitrogens is 1. The van der Waals surface area contributed by atoms with Gasteiger partial charge in [0.05, 0.1) is 5.69 Å². The van der Waals surface area contributed by atoms with Crippen LogP contribution in [0.5, 0.6) is 0 Å². The molecule has 0 aromatic carbocycles. The molecule has 99 valence electrons. The minimum Gasteiger partial charge on any atom is -0.445 e. The van der Waals surface area contributed by atoms with Gasteiger partial charge in [-0.25, -0.2) is 9.78 Å². The predicted molar refractivity (Wildman–Crippen MR) is 68.0 cm³/mol. The molecule has 0 fully saturated rings. The topological polar surface area (TPSA) is 88.5 Å². The van der Waals surface area contributed by atoms with E-state index in [0.29, 0.717) is 0 Å². The Morgan fingerprint density at radius 2 is 2.33 bits per heavy atom. The van der Waals surface area contributed by atoms with Crippen molar-refractivity contribution in [2.75, 3.05) is 11.9 Å². The predicted octanol–water partition coefficient (Wildman–Crippen LogP) is 2.20. The van der Waals surface area contributed by atoms with Crippen molar-refractivity contribution in [3.8, 4) is 0 Å². The van der Waals surface area contributed by atoms with E-state index in [9.17, 15) is 9.59 Å². The van der Waals surface area contributed by atoms with E-state index in [1.54, 1.807) is 0 Å². The fourth-order valence-electron chi connectivity index (χ4n) is 0.800. The average molecular weight is 333 g/mol. The van der Waals surface area contributed by atoms with E-state index in [0.717, 1.165) is 11.3 Å². The number of alkyl halides is 3. The molecule has 6 nitrogen and oxygen atoms in total. The number of carbonyl (C=O) groups excluding carboxylic acids is 2. The number of ether oxygens (including phenoxy) is 1. The number of rotatable bonds is 4. The van der Waals surface area contributed by atoms with Crippen LogP contribution in [-0.2, 0) is 9.53 Å². The second-order valence-corrected chi connectivity index (χ2v) is 6.29. The number of aliphatic hydroxyl groups excluding tert-OH is 1. The molecule has 1 heterocycles. The molecule has 0 aliphatic rings. The van der Waals surface area contributed by atoms with Gasteiger partial charge in [0.25, 0.3) is 0 Å². The summed E-state index contributed by atoms with van der Waals surface area (Å²) in [7, 11) is 0. The van der Waals surface area contributed by atoms with Gasteiger partial charge in [0, 0.05) is 5.38 Å². The van der Waals surface area contributed by atoms with Crippen molar-refractivity contribution in [3.63, 3.8) is 0 Å². The van der Waals surface area contributed by atoms with Crippen LogP contribution in [0.2, 0.25) is 0 Å². The van der Waals surface area contributed by atoms with Crippen LogP contribution < -0.4 is 5.32 Å². The maximum absolute atomic E-state index is 11.2. The van der Waals surface area contributed by atoms with E-state index in [1.165, 1.54) is 11.7 Å². The van der Waals surface area contributed by atoms with Crippen LogP contribution in [0.25, 0.3) is 0 Å². The van der Waals surface area contributed by atoms with E-state index in [2.05, 4.69) is 15.0 Å². The van der Waals surface area contributed by atoms with Crippen LogP contribution in [0.4, 0.5) is 9.93 Å². The third kappa shape index (κ3) is 5.36. The molecule has 1 aromatic rings. The first-order chi connectivity index (χ1) is 8.31. The lowest BCUT2D eigenvalue weighted by atomic mass is 10.3. The van der Waals surface area contributed by atoms with Crippen LogP contribution in [0.3, 0.4) is 0 Å². The zero-order valence-electron chi connectivity index (χ0n) is 8.52. The highest BCUT2D eigenvalue weighted by Crippen LogP contribution is 2.26. The van der Waals surface area contributed by atoms with Crippen molar-refractivity contribution in [1.29, 1.82) is 0 Å². The van der Waals surface area contributed by atoms with Gasteiger partial charge in [-0.3, -0.25) is 10.1 Å². The Morgan fingerprint density at radius 3 is 2.89 bits per heavy atom. The monoisotopic (exact) mass is 331 g/mol. The zero-order chi connectivity index (χ0) is 13.8. The van der Waals surface area contributed by atoms with Crippen LogP contribution in [0, 0.1) is 0 Å². The smallest absolute Gasteiger partial charge is 0.413 e. The van der Waals surface area contributed by atoms with Crippen molar-refractivity contribution >= 4 is 63.7 Å². The fourth-order valence-corrected chi connectivity index (χ4v) is 1.68. The number of hydrogen-bond acceptors (Lipinski definition) is 6. The molecule has 1 unspecified atom stereocenters. The number of amides is 1. The van der Waals surface area contributed by atoms with Crippen LogP contribution in [0.15, 0.2) is 5.38 Å². The van der Waals surface area contributed by atoms with Crippen molar-refractivity contribution in [3.05, 3.63) is 11.1 Å². The molecule has 10 heteroatoms. The number of thiazole rings is 1. The van der Waals surface area contributed by atoms with E-state index >= 15 is 0 Å². The third-order valence-corrected chi connectivity index (χ3v) is 2.59. The molecule has 1 amide bonds. The van der Waals surface area contributed by atoms with E-state index in [4.69, 9.17) is 39.9 Å². The number of carbonyl (C=O) groups is 1. The molecule has 2 N–H and O–H groups in total. The summed E-state index contributed by atoms with van der Waals surface area (Å²) in [5, 5.41) is 12.9. The minimum atomic E-state index is -1.70. The Bertz CT molecular complexity index is 434. The lowest BCUT2D eigenvalue weighted by Crippen LogP contribution is -2.21. The molecular weight excluding hydrogens is 327 g/mol. The minimum absolute atomic E-state index is 0.0756. The zero-order valence-corrected chi connectivity index (χ0v) is 11.6. The third-order valence-electron chi connectivity index (χ3n) is 1.49. The molecule has 1 aromatic heterocycles. The highest BCUT2D eigenvalue weighted by molar-refractivity contribution is 7.13. The molecule has 0 aliphatic heterocycles. The Kier molecular flexibility index (Phi) is 5.61. The Morgan fingerprint density at radius 1 is 1.67 bits per heavy atom. The summed E-state index contributed by atoms with van der Waals surface area (Å²) in [4.78, 5) is 25.2. The summed E-state index contributed by atoms with van der Waals surface area (Å²) in [5.74, 6) is 0. The number of aliphatic hydroxyl groups is 1. The van der Waals surface area contributed by atoms with Crippen molar-refractivity contribution in [2.45, 2.75) is 9.90 Å². The van der Waals surface area contributed by atoms with Gasteiger partial charge in [0.2, 0.25) is 10.1 Å². The molecule has 18 heavy (non-hydrogen) atoms.